The molecule has 6 heteroatoms. The number of nitrogens with one attached hydrogen (secondary N) is 2. The maximum atomic E-state index is 12.8. The van der Waals surface area contributed by atoms with Crippen molar-refractivity contribution in [2.45, 2.75) is 30.9 Å². The van der Waals surface area contributed by atoms with Crippen LogP contribution in [0.4, 0.5) is 14.9 Å². The van der Waals surface area contributed by atoms with Gasteiger partial charge in [0.1, 0.15) is 5.82 Å². The van der Waals surface area contributed by atoms with Gasteiger partial charge in [0.15, 0.2) is 0 Å². The van der Waals surface area contributed by atoms with Crippen molar-refractivity contribution in [3.63, 3.8) is 0 Å². The summed E-state index contributed by atoms with van der Waals surface area (Å²) in [7, 11) is 0. The number of halogens is 1. The van der Waals surface area contributed by atoms with Gasteiger partial charge in [-0.25, -0.2) is 9.18 Å². The standard InChI is InChI=1S/C15H19FN2O3/c16-11-1-3-12(4-2-11)17-14(19)18-13-5-7-21-15(9-13)6-8-20-10-15/h1-4,13H,5-10H2,(H2,17,18,19). The van der Waals surface area contributed by atoms with Crippen molar-refractivity contribution in [2.24, 2.45) is 0 Å². The molecule has 2 aliphatic heterocycles. The monoisotopic (exact) mass is 294 g/mol. The summed E-state index contributed by atoms with van der Waals surface area (Å²) in [4.78, 5) is 12.0. The van der Waals surface area contributed by atoms with E-state index in [0.29, 0.717) is 25.5 Å². The normalized spacial score (nSPS) is 28.5. The van der Waals surface area contributed by atoms with Gasteiger partial charge in [0.05, 0.1) is 12.2 Å². The van der Waals surface area contributed by atoms with E-state index in [-0.39, 0.29) is 23.5 Å². The third-order valence-electron chi connectivity index (χ3n) is 4.00. The van der Waals surface area contributed by atoms with Gasteiger partial charge < -0.3 is 20.1 Å². The van der Waals surface area contributed by atoms with Gasteiger partial charge in [0.2, 0.25) is 0 Å². The number of carbonyl (C=O) groups is 1. The van der Waals surface area contributed by atoms with Crippen LogP contribution in [0.2, 0.25) is 0 Å². The third kappa shape index (κ3) is 3.51. The van der Waals surface area contributed by atoms with Gasteiger partial charge in [-0.05, 0) is 37.1 Å². The third-order valence-corrected chi connectivity index (χ3v) is 4.00. The summed E-state index contributed by atoms with van der Waals surface area (Å²) >= 11 is 0. The maximum absolute atomic E-state index is 12.8. The van der Waals surface area contributed by atoms with Gasteiger partial charge >= 0.3 is 6.03 Å². The molecule has 1 aromatic rings. The molecule has 1 spiro atoms. The molecule has 0 aromatic heterocycles. The summed E-state index contributed by atoms with van der Waals surface area (Å²) < 4.78 is 24.1. The first-order chi connectivity index (χ1) is 10.2. The lowest BCUT2D eigenvalue weighted by Gasteiger charge is -2.37. The van der Waals surface area contributed by atoms with Crippen molar-refractivity contribution in [3.05, 3.63) is 30.1 Å². The Morgan fingerprint density at radius 3 is 2.81 bits per heavy atom. The number of rotatable bonds is 2. The summed E-state index contributed by atoms with van der Waals surface area (Å²) in [5.41, 5.74) is 0.339. The number of ether oxygens (including phenoxy) is 2. The minimum atomic E-state index is -0.325. The predicted molar refractivity (Wildman–Crippen MR) is 75.7 cm³/mol. The molecule has 2 saturated heterocycles. The highest BCUT2D eigenvalue weighted by atomic mass is 19.1. The molecule has 2 aliphatic rings. The van der Waals surface area contributed by atoms with Crippen molar-refractivity contribution in [1.29, 1.82) is 0 Å². The van der Waals surface area contributed by atoms with E-state index >= 15 is 0 Å². The van der Waals surface area contributed by atoms with E-state index in [4.69, 9.17) is 9.47 Å². The fourth-order valence-electron chi connectivity index (χ4n) is 2.90. The van der Waals surface area contributed by atoms with Crippen molar-refractivity contribution in [1.82, 2.24) is 5.32 Å². The number of hydrogen-bond donors (Lipinski definition) is 2. The topological polar surface area (TPSA) is 59.6 Å². The van der Waals surface area contributed by atoms with E-state index in [1.165, 1.54) is 24.3 Å². The highest BCUT2D eigenvalue weighted by Crippen LogP contribution is 2.32. The second-order valence-electron chi connectivity index (χ2n) is 5.63. The molecule has 1 aromatic carbocycles. The van der Waals surface area contributed by atoms with Crippen LogP contribution < -0.4 is 10.6 Å². The van der Waals surface area contributed by atoms with Gasteiger partial charge in [0, 0.05) is 31.4 Å². The van der Waals surface area contributed by atoms with Crippen LogP contribution >= 0.6 is 0 Å². The van der Waals surface area contributed by atoms with E-state index in [9.17, 15) is 9.18 Å². The van der Waals surface area contributed by atoms with E-state index in [1.54, 1.807) is 0 Å². The van der Waals surface area contributed by atoms with Gasteiger partial charge in [0.25, 0.3) is 0 Å². The summed E-state index contributed by atoms with van der Waals surface area (Å²) in [6, 6.07) is 5.49. The first kappa shape index (κ1) is 14.3. The molecule has 2 heterocycles. The lowest BCUT2D eigenvalue weighted by atomic mass is 9.90. The fourth-order valence-corrected chi connectivity index (χ4v) is 2.90. The van der Waals surface area contributed by atoms with Crippen LogP contribution in [0.3, 0.4) is 0 Å². The SMILES string of the molecule is O=C(Nc1ccc(F)cc1)NC1CCOC2(CCOC2)C1. The number of amides is 2. The second-order valence-corrected chi connectivity index (χ2v) is 5.63. The predicted octanol–water partition coefficient (Wildman–Crippen LogP) is 2.29. The zero-order chi connectivity index (χ0) is 14.7. The van der Waals surface area contributed by atoms with E-state index < -0.39 is 0 Å². The summed E-state index contributed by atoms with van der Waals surface area (Å²) in [5.74, 6) is -0.325. The smallest absolute Gasteiger partial charge is 0.319 e. The zero-order valence-corrected chi connectivity index (χ0v) is 11.7. The molecule has 0 saturated carbocycles. The average Bonchev–Trinajstić information content (AvgIpc) is 2.89. The molecule has 2 fully saturated rings. The van der Waals surface area contributed by atoms with E-state index in [1.807, 2.05) is 0 Å². The highest BCUT2D eigenvalue weighted by molar-refractivity contribution is 5.89. The molecule has 2 atom stereocenters. The Balaban J connectivity index is 1.53. The van der Waals surface area contributed by atoms with E-state index in [2.05, 4.69) is 10.6 Å². The van der Waals surface area contributed by atoms with Gasteiger partial charge in [-0.3, -0.25) is 0 Å². The van der Waals surface area contributed by atoms with Crippen LogP contribution in [-0.4, -0.2) is 37.5 Å². The zero-order valence-electron chi connectivity index (χ0n) is 11.7. The van der Waals surface area contributed by atoms with Crippen LogP contribution in [-0.2, 0) is 9.47 Å². The lowest BCUT2D eigenvalue weighted by Crippen LogP contribution is -2.49. The van der Waals surface area contributed by atoms with Crippen molar-refractivity contribution in [3.8, 4) is 0 Å². The van der Waals surface area contributed by atoms with Crippen molar-refractivity contribution < 1.29 is 18.7 Å². The Bertz CT molecular complexity index is 500. The molecular formula is C15H19FN2O3. The van der Waals surface area contributed by atoms with Crippen LogP contribution in [0.1, 0.15) is 19.3 Å². The second kappa shape index (κ2) is 5.99. The average molecular weight is 294 g/mol. The Kier molecular flexibility index (Phi) is 4.07. The fraction of sp³-hybridized carbons (Fsp3) is 0.533. The first-order valence-corrected chi connectivity index (χ1v) is 7.20. The van der Waals surface area contributed by atoms with Crippen molar-refractivity contribution >= 4 is 11.7 Å². The van der Waals surface area contributed by atoms with Gasteiger partial charge in [-0.2, -0.15) is 0 Å². The quantitative estimate of drug-likeness (QED) is 0.880. The molecule has 0 radical (unpaired) electrons. The number of hydrogen-bond acceptors (Lipinski definition) is 3. The minimum Gasteiger partial charge on any atom is -0.378 e. The Morgan fingerprint density at radius 2 is 2.10 bits per heavy atom. The molecule has 2 amide bonds. The van der Waals surface area contributed by atoms with Crippen molar-refractivity contribution in [2.75, 3.05) is 25.1 Å². The van der Waals surface area contributed by atoms with Crippen LogP contribution in [0.5, 0.6) is 0 Å². The molecule has 2 N–H and O–H groups in total. The summed E-state index contributed by atoms with van der Waals surface area (Å²) in [6.07, 6.45) is 2.44. The lowest BCUT2D eigenvalue weighted by molar-refractivity contribution is -0.0877. The number of carbonyl (C=O) groups excluding carboxylic acids is 1. The largest absolute Gasteiger partial charge is 0.378 e. The van der Waals surface area contributed by atoms with Crippen LogP contribution in [0.25, 0.3) is 0 Å². The highest BCUT2D eigenvalue weighted by Gasteiger charge is 2.41. The van der Waals surface area contributed by atoms with Crippen LogP contribution in [0, 0.1) is 5.82 Å². The maximum Gasteiger partial charge on any atom is 0.319 e. The molecule has 3 rings (SSSR count). The molecule has 0 aliphatic carbocycles. The molecule has 2 unspecified atom stereocenters. The molecule has 114 valence electrons. The molecule has 21 heavy (non-hydrogen) atoms. The van der Waals surface area contributed by atoms with Gasteiger partial charge in [-0.15, -0.1) is 0 Å². The Morgan fingerprint density at radius 1 is 1.29 bits per heavy atom. The Hall–Kier alpha value is -1.66. The number of urea groups is 1. The van der Waals surface area contributed by atoms with Crippen LogP contribution in [0.15, 0.2) is 24.3 Å². The minimum absolute atomic E-state index is 0.0703. The Labute approximate surface area is 122 Å². The van der Waals surface area contributed by atoms with E-state index in [0.717, 1.165) is 19.3 Å². The molecule has 5 nitrogen and oxygen atoms in total. The summed E-state index contributed by atoms with van der Waals surface area (Å²) in [6.45, 7) is 1.95. The number of anilines is 1. The summed E-state index contributed by atoms with van der Waals surface area (Å²) in [5, 5.41) is 5.66. The van der Waals surface area contributed by atoms with Gasteiger partial charge in [-0.1, -0.05) is 0 Å². The number of benzene rings is 1. The first-order valence-electron chi connectivity index (χ1n) is 7.20. The molecular weight excluding hydrogens is 275 g/mol. The molecule has 0 bridgehead atoms.